The van der Waals surface area contributed by atoms with E-state index in [1.54, 1.807) is 0 Å². The monoisotopic (exact) mass is 281 g/mol. The van der Waals surface area contributed by atoms with Gasteiger partial charge in [-0.1, -0.05) is 26.2 Å². The van der Waals surface area contributed by atoms with Gasteiger partial charge in [-0.3, -0.25) is 0 Å². The number of hydrogen-bond acceptors (Lipinski definition) is 3. The molecular weight excluding hydrogens is 250 g/mol. The van der Waals surface area contributed by atoms with Crippen LogP contribution in [0, 0.1) is 5.41 Å². The van der Waals surface area contributed by atoms with Crippen LogP contribution in [0.25, 0.3) is 0 Å². The highest BCUT2D eigenvalue weighted by atomic mass is 16.5. The minimum Gasteiger partial charge on any atom is -0.381 e. The zero-order chi connectivity index (χ0) is 13.9. The summed E-state index contributed by atoms with van der Waals surface area (Å²) in [6, 6.07) is 0.653. The number of ether oxygens (including phenoxy) is 2. The third kappa shape index (κ3) is 3.55. The number of nitrogens with one attached hydrogen (secondary N) is 1. The van der Waals surface area contributed by atoms with Crippen LogP contribution < -0.4 is 5.32 Å². The summed E-state index contributed by atoms with van der Waals surface area (Å²) >= 11 is 0. The van der Waals surface area contributed by atoms with Crippen LogP contribution in [0.4, 0.5) is 0 Å². The second-order valence-electron chi connectivity index (χ2n) is 7.59. The molecule has 1 atom stereocenters. The molecule has 3 nitrogen and oxygen atoms in total. The Labute approximate surface area is 123 Å². The Morgan fingerprint density at radius 1 is 1.00 bits per heavy atom. The molecule has 0 aromatic carbocycles. The Kier molecular flexibility index (Phi) is 4.68. The van der Waals surface area contributed by atoms with E-state index in [-0.39, 0.29) is 5.60 Å². The highest BCUT2D eigenvalue weighted by molar-refractivity contribution is 4.92. The molecule has 3 aliphatic rings. The van der Waals surface area contributed by atoms with Crippen molar-refractivity contribution in [1.29, 1.82) is 0 Å². The highest BCUT2D eigenvalue weighted by Gasteiger charge is 2.39. The lowest BCUT2D eigenvalue weighted by atomic mass is 9.75. The topological polar surface area (TPSA) is 30.5 Å². The minimum absolute atomic E-state index is 0.127. The molecule has 3 fully saturated rings. The lowest BCUT2D eigenvalue weighted by Crippen LogP contribution is -2.51. The summed E-state index contributed by atoms with van der Waals surface area (Å²) in [5, 5.41) is 3.88. The van der Waals surface area contributed by atoms with Crippen LogP contribution >= 0.6 is 0 Å². The van der Waals surface area contributed by atoms with Gasteiger partial charge in [-0.05, 0) is 43.9 Å². The second-order valence-corrected chi connectivity index (χ2v) is 7.59. The Morgan fingerprint density at radius 2 is 1.75 bits per heavy atom. The van der Waals surface area contributed by atoms with Gasteiger partial charge in [0.05, 0.1) is 5.60 Å². The SMILES string of the molecule is CC1(CNC2CCOC3(CCOCC3)C2)CCCCC1. The van der Waals surface area contributed by atoms with E-state index in [1.807, 2.05) is 0 Å². The molecule has 3 heteroatoms. The summed E-state index contributed by atoms with van der Waals surface area (Å²) < 4.78 is 11.6. The van der Waals surface area contributed by atoms with Gasteiger partial charge in [0, 0.05) is 32.4 Å². The molecule has 0 amide bonds. The largest absolute Gasteiger partial charge is 0.381 e. The van der Waals surface area contributed by atoms with Gasteiger partial charge in [0.1, 0.15) is 0 Å². The number of hydrogen-bond donors (Lipinski definition) is 1. The van der Waals surface area contributed by atoms with E-state index in [9.17, 15) is 0 Å². The predicted octanol–water partition coefficient (Wildman–Crippen LogP) is 3.27. The first kappa shape index (κ1) is 14.8. The van der Waals surface area contributed by atoms with Crippen LogP contribution in [-0.4, -0.2) is 38.0 Å². The molecule has 0 radical (unpaired) electrons. The quantitative estimate of drug-likeness (QED) is 0.861. The van der Waals surface area contributed by atoms with Crippen molar-refractivity contribution in [2.24, 2.45) is 5.41 Å². The van der Waals surface area contributed by atoms with Crippen molar-refractivity contribution >= 4 is 0 Å². The fourth-order valence-electron chi connectivity index (χ4n) is 4.27. The summed E-state index contributed by atoms with van der Waals surface area (Å²) in [4.78, 5) is 0. The van der Waals surface area contributed by atoms with E-state index in [1.165, 1.54) is 51.5 Å². The second kappa shape index (κ2) is 6.33. The van der Waals surface area contributed by atoms with E-state index >= 15 is 0 Å². The Morgan fingerprint density at radius 3 is 2.50 bits per heavy atom. The molecule has 116 valence electrons. The van der Waals surface area contributed by atoms with Crippen molar-refractivity contribution in [3.8, 4) is 0 Å². The Bertz CT molecular complexity index is 301. The molecule has 0 aromatic rings. The molecule has 1 N–H and O–H groups in total. The van der Waals surface area contributed by atoms with Crippen molar-refractivity contribution in [3.63, 3.8) is 0 Å². The lowest BCUT2D eigenvalue weighted by molar-refractivity contribution is -0.140. The van der Waals surface area contributed by atoms with E-state index in [4.69, 9.17) is 9.47 Å². The molecule has 0 aromatic heterocycles. The minimum atomic E-state index is 0.127. The van der Waals surface area contributed by atoms with Gasteiger partial charge in [-0.25, -0.2) is 0 Å². The van der Waals surface area contributed by atoms with Crippen molar-refractivity contribution in [3.05, 3.63) is 0 Å². The summed E-state index contributed by atoms with van der Waals surface area (Å²) in [5.41, 5.74) is 0.668. The van der Waals surface area contributed by atoms with Crippen molar-refractivity contribution < 1.29 is 9.47 Å². The van der Waals surface area contributed by atoms with E-state index < -0.39 is 0 Å². The Hall–Kier alpha value is -0.120. The highest BCUT2D eigenvalue weighted by Crippen LogP contribution is 2.37. The van der Waals surface area contributed by atoms with Gasteiger partial charge in [0.15, 0.2) is 0 Å². The van der Waals surface area contributed by atoms with Gasteiger partial charge in [0.2, 0.25) is 0 Å². The van der Waals surface area contributed by atoms with Crippen LogP contribution in [0.3, 0.4) is 0 Å². The maximum atomic E-state index is 6.13. The zero-order valence-electron chi connectivity index (χ0n) is 13.1. The summed E-state index contributed by atoms with van der Waals surface area (Å²) in [6.45, 7) is 6.36. The predicted molar refractivity (Wildman–Crippen MR) is 81.0 cm³/mol. The van der Waals surface area contributed by atoms with Crippen LogP contribution in [-0.2, 0) is 9.47 Å². The number of rotatable bonds is 3. The smallest absolute Gasteiger partial charge is 0.0741 e. The molecular formula is C17H31NO2. The summed E-state index contributed by atoms with van der Waals surface area (Å²) in [5.74, 6) is 0. The fourth-order valence-corrected chi connectivity index (χ4v) is 4.27. The molecule has 1 aliphatic carbocycles. The first-order valence-electron chi connectivity index (χ1n) is 8.65. The maximum Gasteiger partial charge on any atom is 0.0741 e. The molecule has 3 rings (SSSR count). The fraction of sp³-hybridized carbons (Fsp3) is 1.00. The zero-order valence-corrected chi connectivity index (χ0v) is 13.1. The van der Waals surface area contributed by atoms with Gasteiger partial charge >= 0.3 is 0 Å². The van der Waals surface area contributed by atoms with E-state index in [0.717, 1.165) is 32.7 Å². The molecule has 1 unspecified atom stereocenters. The normalized spacial score (nSPS) is 33.1. The first-order valence-corrected chi connectivity index (χ1v) is 8.65. The van der Waals surface area contributed by atoms with Crippen molar-refractivity contribution in [2.45, 2.75) is 76.4 Å². The first-order chi connectivity index (χ1) is 9.70. The molecule has 20 heavy (non-hydrogen) atoms. The molecule has 0 bridgehead atoms. The van der Waals surface area contributed by atoms with Crippen LogP contribution in [0.15, 0.2) is 0 Å². The average Bonchev–Trinajstić information content (AvgIpc) is 2.47. The van der Waals surface area contributed by atoms with Gasteiger partial charge < -0.3 is 14.8 Å². The van der Waals surface area contributed by atoms with E-state index in [2.05, 4.69) is 12.2 Å². The lowest BCUT2D eigenvalue weighted by Gasteiger charge is -2.44. The van der Waals surface area contributed by atoms with Gasteiger partial charge in [-0.15, -0.1) is 0 Å². The molecule has 1 spiro atoms. The van der Waals surface area contributed by atoms with Crippen molar-refractivity contribution in [2.75, 3.05) is 26.4 Å². The van der Waals surface area contributed by atoms with Crippen LogP contribution in [0.2, 0.25) is 0 Å². The molecule has 1 saturated carbocycles. The summed E-state index contributed by atoms with van der Waals surface area (Å²) in [7, 11) is 0. The van der Waals surface area contributed by atoms with Gasteiger partial charge in [0.25, 0.3) is 0 Å². The van der Waals surface area contributed by atoms with Crippen LogP contribution in [0.1, 0.15) is 64.7 Å². The van der Waals surface area contributed by atoms with Crippen LogP contribution in [0.5, 0.6) is 0 Å². The molecule has 2 aliphatic heterocycles. The average molecular weight is 281 g/mol. The Balaban J connectivity index is 1.49. The van der Waals surface area contributed by atoms with Gasteiger partial charge in [-0.2, -0.15) is 0 Å². The third-order valence-corrected chi connectivity index (χ3v) is 5.78. The molecule has 2 saturated heterocycles. The third-order valence-electron chi connectivity index (χ3n) is 5.78. The summed E-state index contributed by atoms with van der Waals surface area (Å²) in [6.07, 6.45) is 11.6. The maximum absolute atomic E-state index is 6.13. The molecule has 2 heterocycles. The van der Waals surface area contributed by atoms with Crippen molar-refractivity contribution in [1.82, 2.24) is 5.32 Å². The standard InChI is InChI=1S/C17H31NO2/c1-16(6-3-2-4-7-16)14-18-15-5-10-20-17(13-15)8-11-19-12-9-17/h15,18H,2-14H2,1H3. The van der Waals surface area contributed by atoms with E-state index in [0.29, 0.717) is 11.5 Å².